The third-order valence-electron chi connectivity index (χ3n) is 4.95. The zero-order chi connectivity index (χ0) is 18.6. The normalized spacial score (nSPS) is 15.6. The van der Waals surface area contributed by atoms with Crippen molar-refractivity contribution in [2.45, 2.75) is 18.8 Å². The van der Waals surface area contributed by atoms with Crippen LogP contribution in [-0.4, -0.2) is 47.1 Å². The Morgan fingerprint density at radius 1 is 1.07 bits per heavy atom. The third-order valence-corrected chi connectivity index (χ3v) is 5.71. The van der Waals surface area contributed by atoms with Crippen LogP contribution in [0.15, 0.2) is 42.0 Å². The van der Waals surface area contributed by atoms with Gasteiger partial charge in [0, 0.05) is 11.6 Å². The van der Waals surface area contributed by atoms with E-state index in [1.807, 2.05) is 29.8 Å². The molecule has 1 saturated heterocycles. The smallest absolute Gasteiger partial charge is 0.188 e. The Balaban J connectivity index is 1.41. The molecule has 4 rings (SSSR count). The summed E-state index contributed by atoms with van der Waals surface area (Å²) < 4.78 is 5.14. The van der Waals surface area contributed by atoms with Crippen LogP contribution in [0.2, 0.25) is 0 Å². The average molecular weight is 382 g/mol. The number of thiazole rings is 1. The Morgan fingerprint density at radius 3 is 2.59 bits per heavy atom. The van der Waals surface area contributed by atoms with Crippen LogP contribution in [0.1, 0.15) is 24.3 Å². The first kappa shape index (κ1) is 17.9. The highest BCUT2D eigenvalue weighted by atomic mass is 32.1. The quantitative estimate of drug-likeness (QED) is 0.716. The molecule has 0 bridgehead atoms. The average Bonchev–Trinajstić information content (AvgIpc) is 3.18. The van der Waals surface area contributed by atoms with Gasteiger partial charge in [-0.05, 0) is 62.7 Å². The highest BCUT2D eigenvalue weighted by Gasteiger charge is 2.18. The summed E-state index contributed by atoms with van der Waals surface area (Å²) in [6, 6.07) is 8.02. The van der Waals surface area contributed by atoms with Gasteiger partial charge in [-0.3, -0.25) is 4.98 Å². The van der Waals surface area contributed by atoms with E-state index in [2.05, 4.69) is 38.3 Å². The SMILES string of the molecule is COc1ccc(-c2csc(Nc3ccc(C4CCN(C)CC4)cn3)n2)nc1. The van der Waals surface area contributed by atoms with E-state index in [0.717, 1.165) is 41.2 Å². The van der Waals surface area contributed by atoms with Crippen LogP contribution in [0.5, 0.6) is 5.75 Å². The maximum absolute atomic E-state index is 5.14. The van der Waals surface area contributed by atoms with Crippen molar-refractivity contribution in [1.29, 1.82) is 0 Å². The van der Waals surface area contributed by atoms with E-state index in [1.165, 1.54) is 18.4 Å². The van der Waals surface area contributed by atoms with Gasteiger partial charge in [0.15, 0.2) is 5.13 Å². The lowest BCUT2D eigenvalue weighted by Gasteiger charge is -2.29. The van der Waals surface area contributed by atoms with Crippen molar-refractivity contribution in [2.75, 3.05) is 32.6 Å². The molecule has 0 aliphatic carbocycles. The summed E-state index contributed by atoms with van der Waals surface area (Å²) in [6.45, 7) is 2.32. The highest BCUT2D eigenvalue weighted by Crippen LogP contribution is 2.29. The summed E-state index contributed by atoms with van der Waals surface area (Å²) >= 11 is 1.54. The second kappa shape index (κ2) is 8.02. The second-order valence-electron chi connectivity index (χ2n) is 6.80. The Hall–Kier alpha value is -2.51. The van der Waals surface area contributed by atoms with E-state index in [-0.39, 0.29) is 0 Å². The number of hydrogen-bond acceptors (Lipinski definition) is 7. The summed E-state index contributed by atoms with van der Waals surface area (Å²) in [5.74, 6) is 2.17. The van der Waals surface area contributed by atoms with E-state index in [9.17, 15) is 0 Å². The molecule has 0 radical (unpaired) electrons. The first-order chi connectivity index (χ1) is 13.2. The monoisotopic (exact) mass is 381 g/mol. The molecule has 1 aliphatic heterocycles. The van der Waals surface area contributed by atoms with Crippen molar-refractivity contribution in [2.24, 2.45) is 0 Å². The summed E-state index contributed by atoms with van der Waals surface area (Å²) in [6.07, 6.45) is 6.11. The first-order valence-electron chi connectivity index (χ1n) is 9.09. The van der Waals surface area contributed by atoms with Crippen molar-refractivity contribution in [3.05, 3.63) is 47.6 Å². The lowest BCUT2D eigenvalue weighted by atomic mass is 9.91. The molecule has 1 fully saturated rings. The molecule has 0 saturated carbocycles. The van der Waals surface area contributed by atoms with Gasteiger partial charge in [0.2, 0.25) is 0 Å². The molecule has 0 aromatic carbocycles. The molecular formula is C20H23N5OS. The minimum Gasteiger partial charge on any atom is -0.495 e. The number of hydrogen-bond donors (Lipinski definition) is 1. The molecule has 0 unspecified atom stereocenters. The zero-order valence-corrected chi connectivity index (χ0v) is 16.4. The van der Waals surface area contributed by atoms with E-state index in [0.29, 0.717) is 5.92 Å². The summed E-state index contributed by atoms with van der Waals surface area (Å²) in [5.41, 5.74) is 3.00. The fourth-order valence-electron chi connectivity index (χ4n) is 3.27. The standard InChI is InChI=1S/C20H23N5OS/c1-25-9-7-14(8-10-25)15-3-6-19(22-11-15)24-20-23-18(13-27-20)17-5-4-16(26-2)12-21-17/h3-6,11-14H,7-10H2,1-2H3,(H,22,23,24). The van der Waals surface area contributed by atoms with Gasteiger partial charge < -0.3 is 15.0 Å². The zero-order valence-electron chi connectivity index (χ0n) is 15.6. The molecule has 140 valence electrons. The van der Waals surface area contributed by atoms with Gasteiger partial charge in [0.05, 0.1) is 19.0 Å². The van der Waals surface area contributed by atoms with Crippen LogP contribution in [0.4, 0.5) is 10.9 Å². The fourth-order valence-corrected chi connectivity index (χ4v) is 3.98. The minimum absolute atomic E-state index is 0.621. The highest BCUT2D eigenvalue weighted by molar-refractivity contribution is 7.14. The minimum atomic E-state index is 0.621. The Morgan fingerprint density at radius 2 is 1.93 bits per heavy atom. The van der Waals surface area contributed by atoms with Crippen molar-refractivity contribution >= 4 is 22.3 Å². The van der Waals surface area contributed by atoms with Crippen molar-refractivity contribution in [3.8, 4) is 17.1 Å². The number of nitrogens with one attached hydrogen (secondary N) is 1. The maximum Gasteiger partial charge on any atom is 0.188 e. The summed E-state index contributed by atoms with van der Waals surface area (Å²) in [4.78, 5) is 16.0. The number of nitrogens with zero attached hydrogens (tertiary/aromatic N) is 4. The molecule has 27 heavy (non-hydrogen) atoms. The maximum atomic E-state index is 5.14. The topological polar surface area (TPSA) is 63.2 Å². The van der Waals surface area contributed by atoms with E-state index < -0.39 is 0 Å². The van der Waals surface area contributed by atoms with Crippen LogP contribution in [0, 0.1) is 0 Å². The van der Waals surface area contributed by atoms with E-state index in [1.54, 1.807) is 24.6 Å². The van der Waals surface area contributed by atoms with E-state index in [4.69, 9.17) is 4.74 Å². The largest absolute Gasteiger partial charge is 0.495 e. The molecule has 3 aromatic heterocycles. The van der Waals surface area contributed by atoms with Crippen molar-refractivity contribution in [1.82, 2.24) is 19.9 Å². The number of methoxy groups -OCH3 is 1. The number of anilines is 2. The van der Waals surface area contributed by atoms with Crippen molar-refractivity contribution in [3.63, 3.8) is 0 Å². The molecule has 0 spiro atoms. The van der Waals surface area contributed by atoms with Crippen LogP contribution in [-0.2, 0) is 0 Å². The molecule has 0 amide bonds. The lowest BCUT2D eigenvalue weighted by molar-refractivity contribution is 0.255. The van der Waals surface area contributed by atoms with Gasteiger partial charge in [0.1, 0.15) is 17.3 Å². The molecule has 1 N–H and O–H groups in total. The Kier molecular flexibility index (Phi) is 5.31. The predicted molar refractivity (Wildman–Crippen MR) is 109 cm³/mol. The Labute approximate surface area is 163 Å². The molecule has 7 heteroatoms. The van der Waals surface area contributed by atoms with Crippen molar-refractivity contribution < 1.29 is 4.74 Å². The van der Waals surface area contributed by atoms with Gasteiger partial charge in [-0.1, -0.05) is 6.07 Å². The number of rotatable bonds is 5. The Bertz CT molecular complexity index is 870. The van der Waals surface area contributed by atoms with Gasteiger partial charge in [-0.15, -0.1) is 11.3 Å². The number of piperidine rings is 1. The lowest BCUT2D eigenvalue weighted by Crippen LogP contribution is -2.29. The molecule has 1 aliphatic rings. The van der Waals surface area contributed by atoms with Gasteiger partial charge in [-0.2, -0.15) is 0 Å². The molecule has 6 nitrogen and oxygen atoms in total. The van der Waals surface area contributed by atoms with Gasteiger partial charge >= 0.3 is 0 Å². The van der Waals surface area contributed by atoms with Crippen LogP contribution >= 0.6 is 11.3 Å². The molecule has 4 heterocycles. The number of likely N-dealkylation sites (tertiary alicyclic amines) is 1. The number of aromatic nitrogens is 3. The second-order valence-corrected chi connectivity index (χ2v) is 7.66. The fraction of sp³-hybridized carbons (Fsp3) is 0.350. The summed E-state index contributed by atoms with van der Waals surface area (Å²) in [5, 5.41) is 6.09. The van der Waals surface area contributed by atoms with E-state index >= 15 is 0 Å². The van der Waals surface area contributed by atoms with Crippen LogP contribution in [0.25, 0.3) is 11.4 Å². The van der Waals surface area contributed by atoms with Gasteiger partial charge in [-0.25, -0.2) is 9.97 Å². The number of ether oxygens (including phenoxy) is 1. The molecule has 0 atom stereocenters. The first-order valence-corrected chi connectivity index (χ1v) is 9.96. The molecular weight excluding hydrogens is 358 g/mol. The van der Waals surface area contributed by atoms with Gasteiger partial charge in [0.25, 0.3) is 0 Å². The summed E-state index contributed by atoms with van der Waals surface area (Å²) in [7, 11) is 3.82. The van der Waals surface area contributed by atoms with Crippen LogP contribution < -0.4 is 10.1 Å². The van der Waals surface area contributed by atoms with Crippen LogP contribution in [0.3, 0.4) is 0 Å². The predicted octanol–water partition coefficient (Wildman–Crippen LogP) is 4.16. The molecule has 3 aromatic rings. The number of pyridine rings is 2. The third kappa shape index (κ3) is 4.26.